The van der Waals surface area contributed by atoms with Crippen molar-refractivity contribution >= 4 is 71.3 Å². The lowest BCUT2D eigenvalue weighted by atomic mass is 9.94. The molecule has 0 atom stereocenters. The van der Waals surface area contributed by atoms with Crippen LogP contribution in [0, 0.1) is 0 Å². The molecule has 0 saturated heterocycles. The molecule has 0 bridgehead atoms. The van der Waals surface area contributed by atoms with E-state index < -0.39 is 0 Å². The molecule has 0 unspecified atom stereocenters. The van der Waals surface area contributed by atoms with E-state index in [4.69, 9.17) is 4.42 Å². The topological polar surface area (TPSA) is 16.4 Å². The largest absolute Gasteiger partial charge is 0.455 e. The average molecular weight is 714 g/mol. The first kappa shape index (κ1) is 32.0. The third-order valence-corrected chi connectivity index (χ3v) is 11.2. The van der Waals surface area contributed by atoms with Gasteiger partial charge in [-0.15, -0.1) is 0 Å². The van der Waals surface area contributed by atoms with Crippen molar-refractivity contribution in [2.45, 2.75) is 0 Å². The van der Waals surface area contributed by atoms with Gasteiger partial charge in [-0.1, -0.05) is 170 Å². The third-order valence-electron chi connectivity index (χ3n) is 11.2. The van der Waals surface area contributed by atoms with Crippen molar-refractivity contribution in [2.75, 3.05) is 4.90 Å². The molecule has 56 heavy (non-hydrogen) atoms. The quantitative estimate of drug-likeness (QED) is 0.160. The van der Waals surface area contributed by atoms with Gasteiger partial charge in [0.05, 0.1) is 5.69 Å². The summed E-state index contributed by atoms with van der Waals surface area (Å²) < 4.78 is 7.03. The maximum atomic E-state index is 7.03. The summed E-state index contributed by atoms with van der Waals surface area (Å²) >= 11 is 0. The van der Waals surface area contributed by atoms with E-state index in [9.17, 15) is 0 Å². The zero-order valence-electron chi connectivity index (χ0n) is 30.6. The van der Waals surface area contributed by atoms with E-state index in [1.807, 2.05) is 0 Å². The molecular formula is C54H35NO. The van der Waals surface area contributed by atoms with Crippen LogP contribution in [-0.4, -0.2) is 0 Å². The van der Waals surface area contributed by atoms with Crippen molar-refractivity contribution in [1.82, 2.24) is 0 Å². The van der Waals surface area contributed by atoms with E-state index in [0.29, 0.717) is 0 Å². The molecule has 11 aromatic rings. The van der Waals surface area contributed by atoms with E-state index in [1.165, 1.54) is 54.6 Å². The molecule has 2 nitrogen and oxygen atoms in total. The molecule has 0 aliphatic heterocycles. The van der Waals surface area contributed by atoms with Crippen molar-refractivity contribution in [2.24, 2.45) is 0 Å². The molecule has 0 fully saturated rings. The molecule has 2 heteroatoms. The second-order valence-electron chi connectivity index (χ2n) is 14.5. The van der Waals surface area contributed by atoms with Gasteiger partial charge in [-0.25, -0.2) is 0 Å². The van der Waals surface area contributed by atoms with Crippen LogP contribution >= 0.6 is 0 Å². The van der Waals surface area contributed by atoms with Crippen molar-refractivity contribution in [3.8, 4) is 33.4 Å². The van der Waals surface area contributed by atoms with Crippen LogP contribution in [0.3, 0.4) is 0 Å². The first-order chi connectivity index (χ1) is 27.8. The predicted octanol–water partition coefficient (Wildman–Crippen LogP) is 15.5. The highest BCUT2D eigenvalue weighted by atomic mass is 16.3. The molecule has 1 heterocycles. The Hall–Kier alpha value is -7.42. The Balaban J connectivity index is 1.12. The van der Waals surface area contributed by atoms with Gasteiger partial charge in [-0.05, 0) is 91.1 Å². The molecule has 0 N–H and O–H groups in total. The summed E-state index contributed by atoms with van der Waals surface area (Å²) in [6.07, 6.45) is 0. The fourth-order valence-electron chi connectivity index (χ4n) is 8.53. The van der Waals surface area contributed by atoms with E-state index in [1.54, 1.807) is 0 Å². The van der Waals surface area contributed by atoms with Gasteiger partial charge in [0, 0.05) is 39.2 Å². The monoisotopic (exact) mass is 713 g/mol. The predicted molar refractivity (Wildman–Crippen MR) is 237 cm³/mol. The smallest absolute Gasteiger partial charge is 0.143 e. The Morgan fingerprint density at radius 1 is 0.304 bits per heavy atom. The SMILES string of the molecule is c1ccc(-c2ccc(-c3c4ccccc4cc4c3oc3cc(N(c5ccc(-c6ccccc6)cc5)c5cc6ccccc6c6ccccc56)ccc34)cc2)cc1. The van der Waals surface area contributed by atoms with Gasteiger partial charge in [-0.3, -0.25) is 0 Å². The normalized spacial score (nSPS) is 11.6. The van der Waals surface area contributed by atoms with Crippen LogP contribution in [0.5, 0.6) is 0 Å². The molecule has 0 radical (unpaired) electrons. The number of furan rings is 1. The lowest BCUT2D eigenvalue weighted by Gasteiger charge is -2.27. The Labute approximate surface area is 325 Å². The fourth-order valence-corrected chi connectivity index (χ4v) is 8.53. The zero-order valence-corrected chi connectivity index (χ0v) is 30.6. The van der Waals surface area contributed by atoms with E-state index in [2.05, 4.69) is 217 Å². The lowest BCUT2D eigenvalue weighted by molar-refractivity contribution is 0.670. The van der Waals surface area contributed by atoms with Crippen LogP contribution in [0.1, 0.15) is 0 Å². The molecule has 262 valence electrons. The zero-order chi connectivity index (χ0) is 37.0. The van der Waals surface area contributed by atoms with Crippen LogP contribution < -0.4 is 4.90 Å². The molecule has 1 aromatic heterocycles. The second kappa shape index (κ2) is 13.2. The Morgan fingerprint density at radius 2 is 0.804 bits per heavy atom. The minimum Gasteiger partial charge on any atom is -0.455 e. The lowest BCUT2D eigenvalue weighted by Crippen LogP contribution is -2.10. The summed E-state index contributed by atoms with van der Waals surface area (Å²) in [5.74, 6) is 0. The van der Waals surface area contributed by atoms with Gasteiger partial charge >= 0.3 is 0 Å². The van der Waals surface area contributed by atoms with Crippen LogP contribution in [0.4, 0.5) is 17.1 Å². The number of hydrogen-bond donors (Lipinski definition) is 0. The summed E-state index contributed by atoms with van der Waals surface area (Å²) in [5.41, 5.74) is 12.0. The number of anilines is 3. The van der Waals surface area contributed by atoms with Gasteiger partial charge in [0.25, 0.3) is 0 Å². The van der Waals surface area contributed by atoms with Crippen LogP contribution in [0.2, 0.25) is 0 Å². The summed E-state index contributed by atoms with van der Waals surface area (Å²) in [4.78, 5) is 2.38. The Morgan fingerprint density at radius 3 is 1.48 bits per heavy atom. The highest BCUT2D eigenvalue weighted by Crippen LogP contribution is 2.46. The minimum absolute atomic E-state index is 0.853. The van der Waals surface area contributed by atoms with Crippen LogP contribution in [0.15, 0.2) is 217 Å². The Bertz CT molecular complexity index is 3220. The highest BCUT2D eigenvalue weighted by molar-refractivity contribution is 6.19. The maximum Gasteiger partial charge on any atom is 0.143 e. The standard InChI is InChI=1S/C54H35NO/c1-3-13-36(14-4-1)38-23-25-40(26-24-38)53-46-20-10-8-17-41(46)33-50-49-32-31-44(35-52(49)56-54(50)53)55(43-29-27-39(28-30-43)37-15-5-2-6-16-37)51-34-42-18-7-9-19-45(42)47-21-11-12-22-48(47)51/h1-35H. The number of benzene rings is 10. The molecule has 0 aliphatic rings. The van der Waals surface area contributed by atoms with Crippen LogP contribution in [-0.2, 0) is 0 Å². The van der Waals surface area contributed by atoms with Gasteiger partial charge in [0.15, 0.2) is 0 Å². The van der Waals surface area contributed by atoms with Crippen LogP contribution in [0.25, 0.3) is 87.6 Å². The summed E-state index contributed by atoms with van der Waals surface area (Å²) in [6.45, 7) is 0. The molecule has 0 saturated carbocycles. The molecule has 0 spiro atoms. The van der Waals surface area contributed by atoms with E-state index in [0.717, 1.165) is 50.1 Å². The average Bonchev–Trinajstić information content (AvgIpc) is 3.64. The third kappa shape index (κ3) is 5.34. The molecule has 10 aromatic carbocycles. The second-order valence-corrected chi connectivity index (χ2v) is 14.5. The summed E-state index contributed by atoms with van der Waals surface area (Å²) in [7, 11) is 0. The summed E-state index contributed by atoms with van der Waals surface area (Å²) in [6, 6.07) is 76.3. The first-order valence-corrected chi connectivity index (χ1v) is 19.2. The number of fused-ring (bicyclic) bond motifs is 7. The maximum absolute atomic E-state index is 7.03. The fraction of sp³-hybridized carbons (Fsp3) is 0. The molecule has 0 amide bonds. The van der Waals surface area contributed by atoms with E-state index >= 15 is 0 Å². The first-order valence-electron chi connectivity index (χ1n) is 19.2. The summed E-state index contributed by atoms with van der Waals surface area (Å²) in [5, 5.41) is 9.44. The molecular weight excluding hydrogens is 679 g/mol. The molecule has 0 aliphatic carbocycles. The Kier molecular flexibility index (Phi) is 7.53. The van der Waals surface area contributed by atoms with Gasteiger partial charge in [0.2, 0.25) is 0 Å². The van der Waals surface area contributed by atoms with Gasteiger partial charge < -0.3 is 9.32 Å². The van der Waals surface area contributed by atoms with Gasteiger partial charge in [-0.2, -0.15) is 0 Å². The van der Waals surface area contributed by atoms with E-state index in [-0.39, 0.29) is 0 Å². The van der Waals surface area contributed by atoms with Crippen molar-refractivity contribution in [3.05, 3.63) is 212 Å². The number of rotatable bonds is 6. The van der Waals surface area contributed by atoms with Crippen molar-refractivity contribution in [3.63, 3.8) is 0 Å². The minimum atomic E-state index is 0.853. The van der Waals surface area contributed by atoms with Crippen molar-refractivity contribution in [1.29, 1.82) is 0 Å². The molecule has 11 rings (SSSR count). The van der Waals surface area contributed by atoms with Gasteiger partial charge in [0.1, 0.15) is 11.2 Å². The highest BCUT2D eigenvalue weighted by Gasteiger charge is 2.21. The number of hydrogen-bond acceptors (Lipinski definition) is 2. The van der Waals surface area contributed by atoms with Crippen molar-refractivity contribution < 1.29 is 4.42 Å². The number of nitrogens with zero attached hydrogens (tertiary/aromatic N) is 1.